The zero-order chi connectivity index (χ0) is 21.5. The Morgan fingerprint density at radius 3 is 1.76 bits per heavy atom. The fourth-order valence-electron chi connectivity index (χ4n) is 3.29. The molecule has 0 saturated heterocycles. The van der Waals surface area contributed by atoms with Crippen molar-refractivity contribution in [1.82, 2.24) is 0 Å². The fraction of sp³-hybridized carbons (Fsp3) is 0.458. The number of hydrogen-bond donors (Lipinski definition) is 0. The predicted molar refractivity (Wildman–Crippen MR) is 119 cm³/mol. The van der Waals surface area contributed by atoms with E-state index in [2.05, 4.69) is 27.7 Å². The lowest BCUT2D eigenvalue weighted by atomic mass is 9.65. The monoisotopic (exact) mass is 416 g/mol. The molecule has 0 aliphatic carbocycles. The summed E-state index contributed by atoms with van der Waals surface area (Å²) in [4.78, 5) is 12.8. The van der Waals surface area contributed by atoms with Crippen LogP contribution in [0.4, 0.5) is 0 Å². The summed E-state index contributed by atoms with van der Waals surface area (Å²) in [6.07, 6.45) is 1.65. The van der Waals surface area contributed by atoms with Gasteiger partial charge < -0.3 is 9.26 Å². The molecule has 0 aliphatic rings. The molecule has 0 N–H and O–H groups in total. The van der Waals surface area contributed by atoms with Crippen LogP contribution >= 0.6 is 7.37 Å². The maximum atomic E-state index is 13.8. The van der Waals surface area contributed by atoms with Crippen LogP contribution in [0.25, 0.3) is 0 Å². The van der Waals surface area contributed by atoms with Gasteiger partial charge in [0, 0.05) is 10.6 Å². The third-order valence-electron chi connectivity index (χ3n) is 5.64. The highest BCUT2D eigenvalue weighted by Gasteiger charge is 2.44. The van der Waals surface area contributed by atoms with Crippen LogP contribution in [0.1, 0.15) is 47.5 Å². The van der Waals surface area contributed by atoms with Crippen LogP contribution in [0.2, 0.25) is 0 Å². The molecule has 0 amide bonds. The Balaban J connectivity index is 2.10. The van der Waals surface area contributed by atoms with E-state index in [4.69, 9.17) is 9.26 Å². The molecular formula is C24H33O4P. The quantitative estimate of drug-likeness (QED) is 0.315. The summed E-state index contributed by atoms with van der Waals surface area (Å²) in [5.41, 5.74) is -0.797. The summed E-state index contributed by atoms with van der Waals surface area (Å²) in [6, 6.07) is 18.3. The number of benzene rings is 2. The summed E-state index contributed by atoms with van der Waals surface area (Å²) in [6.45, 7) is 10.3. The van der Waals surface area contributed by atoms with Gasteiger partial charge in [-0.3, -0.25) is 9.36 Å². The van der Waals surface area contributed by atoms with Gasteiger partial charge >= 0.3 is 5.97 Å². The molecule has 5 heteroatoms. The van der Waals surface area contributed by atoms with E-state index < -0.39 is 12.8 Å². The highest BCUT2D eigenvalue weighted by atomic mass is 31.2. The molecule has 4 nitrogen and oxygen atoms in total. The van der Waals surface area contributed by atoms with Crippen molar-refractivity contribution in [1.29, 1.82) is 0 Å². The molecule has 29 heavy (non-hydrogen) atoms. The van der Waals surface area contributed by atoms with Crippen LogP contribution in [0, 0.1) is 10.8 Å². The Bertz CT molecular complexity index is 783. The highest BCUT2D eigenvalue weighted by molar-refractivity contribution is 7.74. The maximum Gasteiger partial charge on any atom is 0.312 e. The van der Waals surface area contributed by atoms with E-state index >= 15 is 0 Å². The van der Waals surface area contributed by atoms with Gasteiger partial charge in [-0.15, -0.1) is 0 Å². The fourth-order valence-corrected chi connectivity index (χ4v) is 5.35. The third-order valence-corrected chi connectivity index (χ3v) is 8.14. The molecule has 158 valence electrons. The molecule has 1 unspecified atom stereocenters. The standard InChI is InChI=1S/C24H33O4P/c1-6-17-24(5,23(2,3)4)22(25)27-18-19-28-29(26,20-13-9-7-10-14-20)21-15-11-8-12-16-21/h7-16H,6,17-19H2,1-5H3. The normalized spacial score (nSPS) is 14.2. The Hall–Kier alpha value is -1.90. The van der Waals surface area contributed by atoms with E-state index in [-0.39, 0.29) is 24.6 Å². The second-order valence-corrected chi connectivity index (χ2v) is 10.9. The summed E-state index contributed by atoms with van der Waals surface area (Å²) < 4.78 is 25.2. The molecule has 0 fully saturated rings. The van der Waals surface area contributed by atoms with Gasteiger partial charge in [-0.1, -0.05) is 70.5 Å². The van der Waals surface area contributed by atoms with Crippen molar-refractivity contribution < 1.29 is 18.6 Å². The summed E-state index contributed by atoms with van der Waals surface area (Å²) in [5, 5.41) is 1.26. The molecule has 0 aromatic heterocycles. The minimum absolute atomic E-state index is 0.0673. The summed E-state index contributed by atoms with van der Waals surface area (Å²) >= 11 is 0. The first-order chi connectivity index (χ1) is 13.6. The van der Waals surface area contributed by atoms with Gasteiger partial charge in [0.1, 0.15) is 6.61 Å². The van der Waals surface area contributed by atoms with Gasteiger partial charge in [-0.05, 0) is 43.0 Å². The van der Waals surface area contributed by atoms with Crippen LogP contribution in [-0.2, 0) is 18.6 Å². The van der Waals surface area contributed by atoms with E-state index in [1.165, 1.54) is 0 Å². The maximum absolute atomic E-state index is 13.8. The van der Waals surface area contributed by atoms with Crippen molar-refractivity contribution in [3.05, 3.63) is 60.7 Å². The number of hydrogen-bond acceptors (Lipinski definition) is 4. The molecule has 2 aromatic carbocycles. The first-order valence-electron chi connectivity index (χ1n) is 10.2. The van der Waals surface area contributed by atoms with Crippen LogP contribution in [0.15, 0.2) is 60.7 Å². The number of ether oxygens (including phenoxy) is 1. The Kier molecular flexibility index (Phi) is 7.85. The second-order valence-electron chi connectivity index (χ2n) is 8.52. The predicted octanol–water partition coefficient (Wildman–Crippen LogP) is 5.33. The SMILES string of the molecule is CCCC(C)(C(=O)OCCOP(=O)(c1ccccc1)c1ccccc1)C(C)(C)C. The molecule has 0 aliphatic heterocycles. The average molecular weight is 416 g/mol. The van der Waals surface area contributed by atoms with E-state index in [1.807, 2.05) is 43.3 Å². The van der Waals surface area contributed by atoms with Gasteiger partial charge in [-0.25, -0.2) is 0 Å². The van der Waals surface area contributed by atoms with E-state index in [1.54, 1.807) is 24.3 Å². The van der Waals surface area contributed by atoms with Crippen LogP contribution in [0.5, 0.6) is 0 Å². The first-order valence-corrected chi connectivity index (χ1v) is 11.8. The molecule has 0 saturated carbocycles. The molecule has 0 radical (unpaired) electrons. The summed E-state index contributed by atoms with van der Waals surface area (Å²) in [7, 11) is -3.26. The zero-order valence-electron chi connectivity index (χ0n) is 18.2. The molecule has 2 aromatic rings. The number of rotatable bonds is 9. The summed E-state index contributed by atoms with van der Waals surface area (Å²) in [5.74, 6) is -0.232. The molecular weight excluding hydrogens is 383 g/mol. The van der Waals surface area contributed by atoms with Crippen LogP contribution in [0.3, 0.4) is 0 Å². The first kappa shape index (κ1) is 23.4. The van der Waals surface area contributed by atoms with Crippen LogP contribution in [-0.4, -0.2) is 19.2 Å². The van der Waals surface area contributed by atoms with E-state index in [0.29, 0.717) is 10.6 Å². The minimum Gasteiger partial charge on any atom is -0.463 e. The van der Waals surface area contributed by atoms with Gasteiger partial charge in [0.15, 0.2) is 0 Å². The van der Waals surface area contributed by atoms with Gasteiger partial charge in [-0.2, -0.15) is 0 Å². The lowest BCUT2D eigenvalue weighted by molar-refractivity contribution is -0.163. The lowest BCUT2D eigenvalue weighted by Gasteiger charge is -2.39. The van der Waals surface area contributed by atoms with Crippen LogP contribution < -0.4 is 10.6 Å². The van der Waals surface area contributed by atoms with Gasteiger partial charge in [0.25, 0.3) is 7.37 Å². The molecule has 2 rings (SSSR count). The Labute approximate surface area is 175 Å². The molecule has 1 atom stereocenters. The minimum atomic E-state index is -3.26. The van der Waals surface area contributed by atoms with Crippen molar-refractivity contribution in [2.75, 3.05) is 13.2 Å². The van der Waals surface area contributed by atoms with Gasteiger partial charge in [0.2, 0.25) is 0 Å². The Morgan fingerprint density at radius 2 is 1.34 bits per heavy atom. The van der Waals surface area contributed by atoms with Crippen molar-refractivity contribution >= 4 is 23.9 Å². The van der Waals surface area contributed by atoms with Crippen molar-refractivity contribution in [2.45, 2.75) is 47.5 Å². The Morgan fingerprint density at radius 1 is 0.862 bits per heavy atom. The van der Waals surface area contributed by atoms with E-state index in [0.717, 1.165) is 12.8 Å². The lowest BCUT2D eigenvalue weighted by Crippen LogP contribution is -2.42. The topological polar surface area (TPSA) is 52.6 Å². The average Bonchev–Trinajstić information content (AvgIpc) is 2.71. The number of carbonyl (C=O) groups is 1. The molecule has 0 bridgehead atoms. The van der Waals surface area contributed by atoms with Crippen molar-refractivity contribution in [3.63, 3.8) is 0 Å². The number of carbonyl (C=O) groups excluding carboxylic acids is 1. The second kappa shape index (κ2) is 9.73. The third kappa shape index (κ3) is 5.38. The zero-order valence-corrected chi connectivity index (χ0v) is 19.1. The van der Waals surface area contributed by atoms with Crippen molar-refractivity contribution in [3.8, 4) is 0 Å². The smallest absolute Gasteiger partial charge is 0.312 e. The largest absolute Gasteiger partial charge is 0.463 e. The molecule has 0 spiro atoms. The molecule has 0 heterocycles. The van der Waals surface area contributed by atoms with Gasteiger partial charge in [0.05, 0.1) is 12.0 Å². The van der Waals surface area contributed by atoms with Crippen molar-refractivity contribution in [2.24, 2.45) is 10.8 Å². The highest BCUT2D eigenvalue weighted by Crippen LogP contribution is 2.45. The van der Waals surface area contributed by atoms with E-state index in [9.17, 15) is 9.36 Å². The number of esters is 1.